The van der Waals surface area contributed by atoms with Crippen LogP contribution in [-0.2, 0) is 6.54 Å². The average Bonchev–Trinajstić information content (AvgIpc) is 3.00. The molecule has 1 N–H and O–H groups in total. The minimum Gasteiger partial charge on any atom is -0.351 e. The van der Waals surface area contributed by atoms with E-state index in [0.717, 1.165) is 11.4 Å². The van der Waals surface area contributed by atoms with Gasteiger partial charge in [-0.1, -0.05) is 0 Å². The first kappa shape index (κ1) is 13.6. The molecule has 1 aromatic rings. The Kier molecular flexibility index (Phi) is 4.11. The van der Waals surface area contributed by atoms with E-state index < -0.39 is 12.6 Å². The monoisotopic (exact) mass is 279 g/mol. The summed E-state index contributed by atoms with van der Waals surface area (Å²) >= 11 is 1.45. The van der Waals surface area contributed by atoms with Crippen molar-refractivity contribution in [3.63, 3.8) is 0 Å². The standard InChI is InChI=1S/C11H16F3N3S/c1-17(5-4-11(12,13)14)10-16-7-9(18-10)6-15-8-2-3-8/h7-8,15H,2-6H2,1H3. The van der Waals surface area contributed by atoms with Gasteiger partial charge in [-0.25, -0.2) is 4.98 Å². The van der Waals surface area contributed by atoms with E-state index in [4.69, 9.17) is 0 Å². The van der Waals surface area contributed by atoms with Crippen molar-refractivity contribution in [2.75, 3.05) is 18.5 Å². The normalized spacial score (nSPS) is 16.0. The van der Waals surface area contributed by atoms with Crippen LogP contribution in [0.4, 0.5) is 18.3 Å². The topological polar surface area (TPSA) is 28.2 Å². The zero-order valence-electron chi connectivity index (χ0n) is 10.1. The highest BCUT2D eigenvalue weighted by atomic mass is 32.1. The molecule has 1 aliphatic rings. The summed E-state index contributed by atoms with van der Waals surface area (Å²) in [5.41, 5.74) is 0. The van der Waals surface area contributed by atoms with E-state index in [1.807, 2.05) is 0 Å². The summed E-state index contributed by atoms with van der Waals surface area (Å²) in [6.07, 6.45) is -0.742. The van der Waals surface area contributed by atoms with Gasteiger partial charge in [-0.3, -0.25) is 0 Å². The molecule has 0 aliphatic heterocycles. The summed E-state index contributed by atoms with van der Waals surface area (Å²) in [6, 6.07) is 0.624. The lowest BCUT2D eigenvalue weighted by Crippen LogP contribution is -2.23. The fraction of sp³-hybridized carbons (Fsp3) is 0.727. The van der Waals surface area contributed by atoms with Crippen LogP contribution < -0.4 is 10.2 Å². The van der Waals surface area contributed by atoms with Crippen molar-refractivity contribution in [1.29, 1.82) is 0 Å². The number of halogens is 3. The molecule has 0 spiro atoms. The molecule has 7 heteroatoms. The van der Waals surface area contributed by atoms with Crippen molar-refractivity contribution in [2.24, 2.45) is 0 Å². The zero-order chi connectivity index (χ0) is 13.2. The molecular formula is C11H16F3N3S. The van der Waals surface area contributed by atoms with Crippen LogP contribution in [0.2, 0.25) is 0 Å². The molecule has 1 aliphatic carbocycles. The number of thiazole rings is 1. The Bertz CT molecular complexity index is 387. The SMILES string of the molecule is CN(CCC(F)(F)F)c1ncc(CNC2CC2)s1. The molecule has 1 aromatic heterocycles. The van der Waals surface area contributed by atoms with Gasteiger partial charge in [0.05, 0.1) is 6.42 Å². The molecular weight excluding hydrogens is 263 g/mol. The first-order valence-electron chi connectivity index (χ1n) is 5.90. The van der Waals surface area contributed by atoms with Gasteiger partial charge in [0.15, 0.2) is 5.13 Å². The minimum atomic E-state index is -4.11. The fourth-order valence-corrected chi connectivity index (χ4v) is 2.33. The summed E-state index contributed by atoms with van der Waals surface area (Å²) in [5, 5.41) is 4.00. The third-order valence-electron chi connectivity index (χ3n) is 2.74. The second-order valence-corrected chi connectivity index (χ2v) is 5.64. The number of hydrogen-bond donors (Lipinski definition) is 1. The maximum atomic E-state index is 12.1. The number of hydrogen-bond acceptors (Lipinski definition) is 4. The Balaban J connectivity index is 1.80. The van der Waals surface area contributed by atoms with E-state index in [1.165, 1.54) is 24.2 Å². The van der Waals surface area contributed by atoms with Crippen LogP contribution in [0.3, 0.4) is 0 Å². The van der Waals surface area contributed by atoms with Gasteiger partial charge in [-0.05, 0) is 12.8 Å². The van der Waals surface area contributed by atoms with Gasteiger partial charge in [0.2, 0.25) is 0 Å². The first-order chi connectivity index (χ1) is 8.44. The molecule has 1 saturated carbocycles. The molecule has 0 saturated heterocycles. The van der Waals surface area contributed by atoms with Gasteiger partial charge < -0.3 is 10.2 Å². The van der Waals surface area contributed by atoms with E-state index in [0.29, 0.717) is 11.2 Å². The van der Waals surface area contributed by atoms with Crippen LogP contribution in [0, 0.1) is 0 Å². The largest absolute Gasteiger partial charge is 0.390 e. The predicted molar refractivity (Wildman–Crippen MR) is 65.9 cm³/mol. The predicted octanol–water partition coefficient (Wildman–Crippen LogP) is 2.78. The number of rotatable bonds is 6. The van der Waals surface area contributed by atoms with Gasteiger partial charge in [-0.15, -0.1) is 11.3 Å². The number of alkyl halides is 3. The molecule has 0 amide bonds. The highest BCUT2D eigenvalue weighted by Gasteiger charge is 2.27. The Hall–Kier alpha value is -0.820. The molecule has 0 radical (unpaired) electrons. The Morgan fingerprint density at radius 1 is 1.50 bits per heavy atom. The molecule has 102 valence electrons. The highest BCUT2D eigenvalue weighted by molar-refractivity contribution is 7.15. The van der Waals surface area contributed by atoms with Crippen LogP contribution in [0.25, 0.3) is 0 Å². The molecule has 1 heterocycles. The lowest BCUT2D eigenvalue weighted by atomic mass is 10.4. The molecule has 18 heavy (non-hydrogen) atoms. The Morgan fingerprint density at radius 2 is 2.22 bits per heavy atom. The van der Waals surface area contributed by atoms with Crippen LogP contribution >= 0.6 is 11.3 Å². The smallest absolute Gasteiger partial charge is 0.351 e. The molecule has 0 bridgehead atoms. The minimum absolute atomic E-state index is 0.0491. The van der Waals surface area contributed by atoms with Gasteiger partial charge in [0.1, 0.15) is 0 Å². The highest BCUT2D eigenvalue weighted by Crippen LogP contribution is 2.26. The number of nitrogens with zero attached hydrogens (tertiary/aromatic N) is 2. The Morgan fingerprint density at radius 3 is 2.83 bits per heavy atom. The van der Waals surface area contributed by atoms with E-state index in [2.05, 4.69) is 10.3 Å². The number of nitrogens with one attached hydrogen (secondary N) is 1. The summed E-state index contributed by atoms with van der Waals surface area (Å²) in [6.45, 7) is 0.710. The van der Waals surface area contributed by atoms with E-state index in [-0.39, 0.29) is 6.54 Å². The quantitative estimate of drug-likeness (QED) is 0.868. The van der Waals surface area contributed by atoms with Gasteiger partial charge in [-0.2, -0.15) is 13.2 Å². The van der Waals surface area contributed by atoms with Crippen molar-refractivity contribution in [3.8, 4) is 0 Å². The van der Waals surface area contributed by atoms with Crippen molar-refractivity contribution >= 4 is 16.5 Å². The summed E-state index contributed by atoms with van der Waals surface area (Å²) in [7, 11) is 1.64. The van der Waals surface area contributed by atoms with Gasteiger partial charge in [0, 0.05) is 37.3 Å². The summed E-state index contributed by atoms with van der Waals surface area (Å²) < 4.78 is 36.3. The molecule has 0 aromatic carbocycles. The fourth-order valence-electron chi connectivity index (χ4n) is 1.48. The van der Waals surface area contributed by atoms with Crippen molar-refractivity contribution in [2.45, 2.75) is 38.0 Å². The second kappa shape index (κ2) is 5.44. The molecule has 0 unspecified atom stereocenters. The second-order valence-electron chi connectivity index (χ2n) is 4.55. The molecule has 1 fully saturated rings. The Labute approximate surface area is 108 Å². The molecule has 3 nitrogen and oxygen atoms in total. The number of anilines is 1. The van der Waals surface area contributed by atoms with Crippen molar-refractivity contribution in [3.05, 3.63) is 11.1 Å². The van der Waals surface area contributed by atoms with E-state index in [1.54, 1.807) is 18.1 Å². The first-order valence-corrected chi connectivity index (χ1v) is 6.72. The maximum absolute atomic E-state index is 12.1. The lowest BCUT2D eigenvalue weighted by Gasteiger charge is -2.16. The molecule has 0 atom stereocenters. The van der Waals surface area contributed by atoms with Gasteiger partial charge >= 0.3 is 6.18 Å². The van der Waals surface area contributed by atoms with E-state index in [9.17, 15) is 13.2 Å². The van der Waals surface area contributed by atoms with Crippen LogP contribution in [0.15, 0.2) is 6.20 Å². The van der Waals surface area contributed by atoms with Crippen molar-refractivity contribution < 1.29 is 13.2 Å². The van der Waals surface area contributed by atoms with Crippen LogP contribution in [0.1, 0.15) is 24.1 Å². The number of aromatic nitrogens is 1. The average molecular weight is 279 g/mol. The zero-order valence-corrected chi connectivity index (χ0v) is 10.9. The van der Waals surface area contributed by atoms with Gasteiger partial charge in [0.25, 0.3) is 0 Å². The van der Waals surface area contributed by atoms with E-state index >= 15 is 0 Å². The third-order valence-corrected chi connectivity index (χ3v) is 3.85. The summed E-state index contributed by atoms with van der Waals surface area (Å²) in [5.74, 6) is 0. The van der Waals surface area contributed by atoms with Crippen LogP contribution in [0.5, 0.6) is 0 Å². The maximum Gasteiger partial charge on any atom is 0.390 e. The molecule has 2 rings (SSSR count). The lowest BCUT2D eigenvalue weighted by molar-refractivity contribution is -0.132. The summed E-state index contributed by atoms with van der Waals surface area (Å²) in [4.78, 5) is 6.77. The van der Waals surface area contributed by atoms with Crippen LogP contribution in [-0.4, -0.2) is 30.8 Å². The van der Waals surface area contributed by atoms with Crippen molar-refractivity contribution in [1.82, 2.24) is 10.3 Å². The third kappa shape index (κ3) is 4.45.